The minimum atomic E-state index is -1.08. The van der Waals surface area contributed by atoms with Crippen molar-refractivity contribution in [1.29, 1.82) is 0 Å². The summed E-state index contributed by atoms with van der Waals surface area (Å²) in [4.78, 5) is 26.5. The van der Waals surface area contributed by atoms with E-state index in [0.717, 1.165) is 62.7 Å². The fourth-order valence-electron chi connectivity index (χ4n) is 6.31. The summed E-state index contributed by atoms with van der Waals surface area (Å²) >= 11 is 0. The number of benzene rings is 2. The van der Waals surface area contributed by atoms with Crippen LogP contribution < -0.4 is 0 Å². The molecule has 0 saturated carbocycles. The number of urea groups is 1. The molecule has 4 atom stereocenters. The van der Waals surface area contributed by atoms with Gasteiger partial charge in [0.05, 0.1) is 24.7 Å². The highest BCUT2D eigenvalue weighted by molar-refractivity contribution is 5.76. The van der Waals surface area contributed by atoms with Crippen molar-refractivity contribution in [2.75, 3.05) is 13.1 Å². The summed E-state index contributed by atoms with van der Waals surface area (Å²) in [6, 6.07) is 18.8. The van der Waals surface area contributed by atoms with Gasteiger partial charge < -0.3 is 29.1 Å². The third kappa shape index (κ3) is 8.57. The Bertz CT molecular complexity index is 1250. The first-order valence-corrected chi connectivity index (χ1v) is 16.0. The van der Waals surface area contributed by atoms with Gasteiger partial charge in [0, 0.05) is 51.0 Å². The molecular weight excluding hydrogens is 552 g/mol. The first-order valence-electron chi connectivity index (χ1n) is 16.0. The largest absolute Gasteiger partial charge is 0.388 e. The van der Waals surface area contributed by atoms with E-state index in [-0.39, 0.29) is 6.03 Å². The zero-order valence-corrected chi connectivity index (χ0v) is 25.5. The van der Waals surface area contributed by atoms with Gasteiger partial charge in [-0.25, -0.2) is 14.8 Å². The number of hydrogen-bond donors (Lipinski definition) is 2. The Morgan fingerprint density at radius 1 is 0.568 bits per heavy atom. The third-order valence-electron chi connectivity index (χ3n) is 8.75. The van der Waals surface area contributed by atoms with Gasteiger partial charge in [0.15, 0.2) is 0 Å². The molecule has 0 aliphatic carbocycles. The van der Waals surface area contributed by atoms with E-state index in [1.165, 1.54) is 0 Å². The second-order valence-corrected chi connectivity index (χ2v) is 11.9. The van der Waals surface area contributed by atoms with Crippen LogP contribution in [0, 0.1) is 0 Å². The average molecular weight is 599 g/mol. The summed E-state index contributed by atoms with van der Waals surface area (Å²) in [5.41, 5.74) is 2.07. The standard InChI is InChI=1S/C35H46N6O3/c42-33-31(25-29-13-5-1-6-14-29)40(21-11-3-9-19-38-23-17-36-27-38)35(44)41(22-12-4-10-20-39-24-18-37-28-39)32(34(33)43)26-30-15-7-2-8-16-30/h1-2,5-8,13-18,23-24,27-28,31-34,42-43H,3-4,9-12,19-22,25-26H2/t31-,32-,33+,34+/m1/s1. The molecule has 4 aromatic rings. The fraction of sp³-hybridized carbons (Fsp3) is 0.457. The maximum Gasteiger partial charge on any atom is 0.320 e. The minimum absolute atomic E-state index is 0.0910. The molecule has 1 aliphatic rings. The maximum absolute atomic E-state index is 14.5. The minimum Gasteiger partial charge on any atom is -0.388 e. The molecule has 1 fully saturated rings. The molecule has 2 amide bonds. The van der Waals surface area contributed by atoms with Gasteiger partial charge >= 0.3 is 6.03 Å². The van der Waals surface area contributed by atoms with E-state index in [2.05, 4.69) is 19.1 Å². The van der Waals surface area contributed by atoms with Gasteiger partial charge in [0.1, 0.15) is 12.2 Å². The SMILES string of the molecule is O=C1N(CCCCCn2ccnc2)[C@H](Cc2ccccc2)[C@H](O)[C@@H](O)[C@@H](Cc2ccccc2)N1CCCCCn1ccnc1. The fourth-order valence-corrected chi connectivity index (χ4v) is 6.31. The van der Waals surface area contributed by atoms with Crippen molar-refractivity contribution in [3.63, 3.8) is 0 Å². The summed E-state index contributed by atoms with van der Waals surface area (Å²) in [5, 5.41) is 23.6. The normalized spacial score (nSPS) is 20.6. The summed E-state index contributed by atoms with van der Waals surface area (Å²) < 4.78 is 4.14. The highest BCUT2D eigenvalue weighted by Gasteiger charge is 2.45. The number of carbonyl (C=O) groups is 1. The van der Waals surface area contributed by atoms with Crippen molar-refractivity contribution in [3.05, 3.63) is 109 Å². The molecule has 9 heteroatoms. The Balaban J connectivity index is 1.34. The number of rotatable bonds is 16. The number of imidazole rings is 2. The quantitative estimate of drug-likeness (QED) is 0.181. The number of aryl methyl sites for hydroxylation is 2. The molecule has 2 aromatic carbocycles. The van der Waals surface area contributed by atoms with Crippen LogP contribution in [0.5, 0.6) is 0 Å². The summed E-state index contributed by atoms with van der Waals surface area (Å²) in [7, 11) is 0. The smallest absolute Gasteiger partial charge is 0.320 e. The number of unbranched alkanes of at least 4 members (excludes halogenated alkanes) is 4. The van der Waals surface area contributed by atoms with E-state index in [1.807, 2.05) is 95.5 Å². The zero-order valence-electron chi connectivity index (χ0n) is 25.5. The van der Waals surface area contributed by atoms with Crippen molar-refractivity contribution in [1.82, 2.24) is 28.9 Å². The molecule has 234 valence electrons. The van der Waals surface area contributed by atoms with Crippen LogP contribution in [0.3, 0.4) is 0 Å². The molecular formula is C35H46N6O3. The summed E-state index contributed by atoms with van der Waals surface area (Å²) in [6.45, 7) is 2.82. The van der Waals surface area contributed by atoms with Crippen LogP contribution in [0.15, 0.2) is 98.1 Å². The van der Waals surface area contributed by atoms with Crippen LogP contribution in [-0.2, 0) is 25.9 Å². The maximum atomic E-state index is 14.5. The Kier molecular flexibility index (Phi) is 11.6. The molecule has 1 aliphatic heterocycles. The topological polar surface area (TPSA) is 99.6 Å². The Morgan fingerprint density at radius 3 is 1.36 bits per heavy atom. The average Bonchev–Trinajstić information content (AvgIpc) is 3.77. The lowest BCUT2D eigenvalue weighted by Gasteiger charge is -2.36. The second-order valence-electron chi connectivity index (χ2n) is 11.9. The summed E-state index contributed by atoms with van der Waals surface area (Å²) in [5.74, 6) is 0. The molecule has 44 heavy (non-hydrogen) atoms. The van der Waals surface area contributed by atoms with E-state index in [0.29, 0.717) is 25.9 Å². The predicted octanol–water partition coefficient (Wildman–Crippen LogP) is 4.80. The van der Waals surface area contributed by atoms with E-state index < -0.39 is 24.3 Å². The van der Waals surface area contributed by atoms with Crippen LogP contribution in [0.4, 0.5) is 4.79 Å². The molecule has 0 unspecified atom stereocenters. The molecule has 2 N–H and O–H groups in total. The zero-order chi connectivity index (χ0) is 30.6. The number of aliphatic hydroxyl groups is 2. The van der Waals surface area contributed by atoms with Crippen LogP contribution in [0.2, 0.25) is 0 Å². The van der Waals surface area contributed by atoms with E-state index in [4.69, 9.17) is 0 Å². The summed E-state index contributed by atoms with van der Waals surface area (Å²) in [6.07, 6.45) is 15.4. The number of aromatic nitrogens is 4. The molecule has 3 heterocycles. The van der Waals surface area contributed by atoms with Gasteiger partial charge in [-0.2, -0.15) is 0 Å². The van der Waals surface area contributed by atoms with Crippen LogP contribution in [0.1, 0.15) is 49.7 Å². The third-order valence-corrected chi connectivity index (χ3v) is 8.75. The van der Waals surface area contributed by atoms with Gasteiger partial charge in [-0.15, -0.1) is 0 Å². The molecule has 2 aromatic heterocycles. The lowest BCUT2D eigenvalue weighted by atomic mass is 9.91. The lowest BCUT2D eigenvalue weighted by Crippen LogP contribution is -2.51. The predicted molar refractivity (Wildman–Crippen MR) is 171 cm³/mol. The van der Waals surface area contributed by atoms with Crippen molar-refractivity contribution in [2.45, 2.75) is 88.7 Å². The molecule has 9 nitrogen and oxygen atoms in total. The van der Waals surface area contributed by atoms with Crippen molar-refractivity contribution in [3.8, 4) is 0 Å². The monoisotopic (exact) mass is 598 g/mol. The Hall–Kier alpha value is -3.95. The number of carbonyl (C=O) groups excluding carboxylic acids is 1. The second kappa shape index (κ2) is 16.2. The van der Waals surface area contributed by atoms with Crippen molar-refractivity contribution >= 4 is 6.03 Å². The molecule has 0 bridgehead atoms. The lowest BCUT2D eigenvalue weighted by molar-refractivity contribution is -0.0396. The highest BCUT2D eigenvalue weighted by Crippen LogP contribution is 2.28. The molecule has 0 radical (unpaired) electrons. The Labute approximate surface area is 260 Å². The van der Waals surface area contributed by atoms with Crippen molar-refractivity contribution in [2.24, 2.45) is 0 Å². The van der Waals surface area contributed by atoms with Gasteiger partial charge in [-0.3, -0.25) is 0 Å². The first kappa shape index (κ1) is 31.5. The van der Waals surface area contributed by atoms with E-state index >= 15 is 0 Å². The van der Waals surface area contributed by atoms with Gasteiger partial charge in [-0.05, 0) is 62.5 Å². The molecule has 1 saturated heterocycles. The van der Waals surface area contributed by atoms with Crippen LogP contribution in [0.25, 0.3) is 0 Å². The number of amides is 2. The highest BCUT2D eigenvalue weighted by atomic mass is 16.3. The van der Waals surface area contributed by atoms with Gasteiger partial charge in [-0.1, -0.05) is 60.7 Å². The van der Waals surface area contributed by atoms with Crippen LogP contribution in [-0.4, -0.2) is 82.5 Å². The number of hydrogen-bond acceptors (Lipinski definition) is 5. The van der Waals surface area contributed by atoms with E-state index in [1.54, 1.807) is 12.4 Å². The van der Waals surface area contributed by atoms with Gasteiger partial charge in [0.25, 0.3) is 0 Å². The molecule has 0 spiro atoms. The van der Waals surface area contributed by atoms with Crippen molar-refractivity contribution < 1.29 is 15.0 Å². The number of aliphatic hydroxyl groups excluding tert-OH is 2. The first-order chi connectivity index (χ1) is 21.6. The molecule has 5 rings (SSSR count). The Morgan fingerprint density at radius 2 is 0.977 bits per heavy atom. The number of nitrogens with zero attached hydrogens (tertiary/aromatic N) is 6. The van der Waals surface area contributed by atoms with Gasteiger partial charge in [0.2, 0.25) is 0 Å². The van der Waals surface area contributed by atoms with Crippen LogP contribution >= 0.6 is 0 Å². The van der Waals surface area contributed by atoms with E-state index in [9.17, 15) is 15.0 Å².